The summed E-state index contributed by atoms with van der Waals surface area (Å²) in [6.45, 7) is 12.7. The molecule has 0 spiro atoms. The van der Waals surface area contributed by atoms with Gasteiger partial charge in [-0.05, 0) is 108 Å². The van der Waals surface area contributed by atoms with E-state index in [1.165, 1.54) is 0 Å². The molecule has 352 valence electrons. The van der Waals surface area contributed by atoms with E-state index in [1.807, 2.05) is 76.0 Å². The van der Waals surface area contributed by atoms with E-state index in [4.69, 9.17) is 14.5 Å². The fraction of sp³-hybridized carbons (Fsp3) is 0.479. The first-order valence-electron chi connectivity index (χ1n) is 23.2. The highest BCUT2D eigenvalue weighted by atomic mass is 32.2. The number of hydrogen-bond donors (Lipinski definition) is 2. The lowest BCUT2D eigenvalue weighted by atomic mass is 9.92. The lowest BCUT2D eigenvalue weighted by Crippen LogP contribution is -2.61. The quantitative estimate of drug-likeness (QED) is 0.181. The number of likely N-dealkylation sites (tertiary alicyclic amines) is 1. The molecule has 67 heavy (non-hydrogen) atoms. The summed E-state index contributed by atoms with van der Waals surface area (Å²) in [5, 5.41) is 11.0. The summed E-state index contributed by atoms with van der Waals surface area (Å²) in [6, 6.07) is 14.0. The predicted octanol–water partition coefficient (Wildman–Crippen LogP) is 5.30. The normalized spacial score (nSPS) is 19.7. The van der Waals surface area contributed by atoms with Crippen LogP contribution in [0, 0.1) is 6.92 Å². The number of benzene rings is 2. The standard InChI is InChI=1S/C48H57N11O7S/c1-29-40(24-49-45-43(29)59(20-21-65-45)47(62)66-48(2,3)4)57-17-14-31-23-50-46(52-38(31)27-57)51-32-8-6-30(7-9-32)28-67(63,64)35-15-18-56(19-16-35)34-25-58(26-34)33-10-11-36-39(22-33)55(5)54-42(36)37-12-13-41(60)53-44(37)61/h6-11,22-24,34-35,37H,12-21,25-28H2,1-5H3,(H,50,51,52)(H,53,60,61). The summed E-state index contributed by atoms with van der Waals surface area (Å²) in [6.07, 6.45) is 5.94. The number of carbonyl (C=O) groups is 3. The monoisotopic (exact) mass is 931 g/mol. The third-order valence-corrected chi connectivity index (χ3v) is 15.9. The summed E-state index contributed by atoms with van der Waals surface area (Å²) in [5.74, 6) is -0.123. The smallest absolute Gasteiger partial charge is 0.415 e. The SMILES string of the molecule is Cc1c(N2CCc3cnc(Nc4ccc(CS(=O)(=O)C5CCN(C6CN(c7ccc8c(C9CCC(=O)NC9=O)nn(C)c8c7)C6)CC5)cc4)nc3C2)cnc2c1N(C(=O)OC(C)(C)C)CCO2. The minimum absolute atomic E-state index is 0.0132. The van der Waals surface area contributed by atoms with Crippen LogP contribution in [0.4, 0.5) is 33.5 Å². The summed E-state index contributed by atoms with van der Waals surface area (Å²) in [4.78, 5) is 60.1. The van der Waals surface area contributed by atoms with E-state index >= 15 is 0 Å². The first kappa shape index (κ1) is 44.5. The highest BCUT2D eigenvalue weighted by Crippen LogP contribution is 2.40. The summed E-state index contributed by atoms with van der Waals surface area (Å²) >= 11 is 0. The zero-order valence-corrected chi connectivity index (χ0v) is 39.4. The summed E-state index contributed by atoms with van der Waals surface area (Å²) < 4.78 is 40.8. The van der Waals surface area contributed by atoms with Gasteiger partial charge in [0, 0.05) is 67.7 Å². The number of carbonyl (C=O) groups excluding carboxylic acids is 3. The molecule has 3 aromatic heterocycles. The number of aryl methyl sites for hydroxylation is 1. The number of nitrogens with zero attached hydrogens (tertiary/aromatic N) is 9. The molecule has 3 amide bonds. The Labute approximate surface area is 389 Å². The van der Waals surface area contributed by atoms with Crippen molar-refractivity contribution in [1.82, 2.24) is 34.9 Å². The van der Waals surface area contributed by atoms with Gasteiger partial charge in [0.2, 0.25) is 23.6 Å². The van der Waals surface area contributed by atoms with Gasteiger partial charge in [-0.3, -0.25) is 29.4 Å². The number of fused-ring (bicyclic) bond motifs is 3. The molecule has 3 fully saturated rings. The molecular weight excluding hydrogens is 875 g/mol. The fourth-order valence-electron chi connectivity index (χ4n) is 10.1. The molecule has 10 rings (SSSR count). The van der Waals surface area contributed by atoms with Crippen LogP contribution in [0.2, 0.25) is 0 Å². The maximum Gasteiger partial charge on any atom is 0.415 e. The second-order valence-electron chi connectivity index (χ2n) is 19.4. The molecule has 1 atom stereocenters. The average Bonchev–Trinajstić information content (AvgIpc) is 3.60. The van der Waals surface area contributed by atoms with Crippen LogP contribution in [-0.4, -0.2) is 119 Å². The Balaban J connectivity index is 0.715. The van der Waals surface area contributed by atoms with Gasteiger partial charge >= 0.3 is 6.09 Å². The van der Waals surface area contributed by atoms with Crippen LogP contribution in [0.5, 0.6) is 5.88 Å². The van der Waals surface area contributed by atoms with Crippen LogP contribution in [0.15, 0.2) is 54.9 Å². The predicted molar refractivity (Wildman–Crippen MR) is 254 cm³/mol. The van der Waals surface area contributed by atoms with Crippen molar-refractivity contribution in [3.63, 3.8) is 0 Å². The molecule has 18 nitrogen and oxygen atoms in total. The van der Waals surface area contributed by atoms with Crippen molar-refractivity contribution in [2.45, 2.75) is 94.9 Å². The van der Waals surface area contributed by atoms with E-state index in [-0.39, 0.29) is 22.8 Å². The molecule has 0 saturated carbocycles. The second kappa shape index (κ2) is 17.4. The molecule has 8 heterocycles. The Kier molecular flexibility index (Phi) is 11.5. The van der Waals surface area contributed by atoms with Gasteiger partial charge in [0.05, 0.1) is 58.8 Å². The largest absolute Gasteiger partial charge is 0.474 e. The number of hydrogen-bond acceptors (Lipinski definition) is 15. The highest BCUT2D eigenvalue weighted by Gasteiger charge is 2.38. The lowest BCUT2D eigenvalue weighted by Gasteiger charge is -2.48. The second-order valence-corrected chi connectivity index (χ2v) is 21.7. The maximum absolute atomic E-state index is 13.7. The Hall–Kier alpha value is -6.34. The first-order valence-corrected chi connectivity index (χ1v) is 24.9. The molecule has 0 bridgehead atoms. The van der Waals surface area contributed by atoms with Crippen molar-refractivity contribution in [3.05, 3.63) is 82.9 Å². The Bertz CT molecular complexity index is 2870. The average molecular weight is 932 g/mol. The van der Waals surface area contributed by atoms with E-state index in [0.29, 0.717) is 74.6 Å². The molecule has 2 aromatic carbocycles. The number of imide groups is 1. The number of aromatic nitrogens is 5. The van der Waals surface area contributed by atoms with Crippen molar-refractivity contribution < 1.29 is 32.3 Å². The van der Waals surface area contributed by atoms with Crippen molar-refractivity contribution in [3.8, 4) is 5.88 Å². The number of anilines is 5. The van der Waals surface area contributed by atoms with Crippen LogP contribution < -0.4 is 30.1 Å². The van der Waals surface area contributed by atoms with Crippen molar-refractivity contribution in [1.29, 1.82) is 0 Å². The van der Waals surface area contributed by atoms with Gasteiger partial charge in [0.1, 0.15) is 17.9 Å². The molecule has 5 aliphatic heterocycles. The van der Waals surface area contributed by atoms with Gasteiger partial charge in [-0.15, -0.1) is 0 Å². The van der Waals surface area contributed by atoms with Gasteiger partial charge in [-0.1, -0.05) is 12.1 Å². The van der Waals surface area contributed by atoms with Crippen LogP contribution >= 0.6 is 0 Å². The first-order chi connectivity index (χ1) is 32.1. The lowest BCUT2D eigenvalue weighted by molar-refractivity contribution is -0.134. The Morgan fingerprint density at radius 2 is 1.73 bits per heavy atom. The van der Waals surface area contributed by atoms with E-state index in [0.717, 1.165) is 89.5 Å². The van der Waals surface area contributed by atoms with Gasteiger partial charge in [0.25, 0.3) is 0 Å². The van der Waals surface area contributed by atoms with E-state index in [9.17, 15) is 22.8 Å². The number of piperidine rings is 2. The van der Waals surface area contributed by atoms with Gasteiger partial charge in [-0.2, -0.15) is 5.10 Å². The summed E-state index contributed by atoms with van der Waals surface area (Å²) in [5.41, 5.74) is 7.93. The van der Waals surface area contributed by atoms with E-state index in [2.05, 4.69) is 52.5 Å². The van der Waals surface area contributed by atoms with Crippen LogP contribution in [0.1, 0.15) is 80.5 Å². The number of amides is 3. The Morgan fingerprint density at radius 3 is 2.48 bits per heavy atom. The van der Waals surface area contributed by atoms with Crippen LogP contribution in [-0.2, 0) is 49.9 Å². The van der Waals surface area contributed by atoms with E-state index < -0.39 is 27.4 Å². The van der Waals surface area contributed by atoms with Crippen molar-refractivity contribution in [2.75, 3.05) is 65.9 Å². The molecule has 1 unspecified atom stereocenters. The molecule has 2 N–H and O–H groups in total. The molecule has 19 heteroatoms. The molecule has 0 aliphatic carbocycles. The number of sulfone groups is 1. The Morgan fingerprint density at radius 1 is 0.955 bits per heavy atom. The minimum Gasteiger partial charge on any atom is -0.474 e. The molecule has 5 aliphatic rings. The summed E-state index contributed by atoms with van der Waals surface area (Å²) in [7, 11) is -1.49. The molecule has 3 saturated heterocycles. The fourth-order valence-corrected chi connectivity index (χ4v) is 11.9. The number of ether oxygens (including phenoxy) is 2. The molecular formula is C48H57N11O7S. The third-order valence-electron chi connectivity index (χ3n) is 13.7. The maximum atomic E-state index is 13.7. The number of pyridine rings is 1. The van der Waals surface area contributed by atoms with Gasteiger partial charge in [0.15, 0.2) is 9.84 Å². The topological polar surface area (TPSA) is 197 Å². The van der Waals surface area contributed by atoms with Crippen LogP contribution in [0.25, 0.3) is 10.9 Å². The molecule has 5 aromatic rings. The number of rotatable bonds is 9. The third kappa shape index (κ3) is 8.98. The number of nitrogens with one attached hydrogen (secondary N) is 2. The van der Waals surface area contributed by atoms with Crippen LogP contribution in [0.3, 0.4) is 0 Å². The molecule has 0 radical (unpaired) electrons. The van der Waals surface area contributed by atoms with Crippen molar-refractivity contribution in [2.24, 2.45) is 7.05 Å². The zero-order valence-electron chi connectivity index (χ0n) is 38.6. The van der Waals surface area contributed by atoms with E-state index in [1.54, 1.807) is 11.1 Å². The van der Waals surface area contributed by atoms with Gasteiger partial charge in [-0.25, -0.2) is 28.2 Å². The minimum atomic E-state index is -3.37. The zero-order chi connectivity index (χ0) is 46.8. The van der Waals surface area contributed by atoms with Gasteiger partial charge < -0.3 is 24.6 Å². The van der Waals surface area contributed by atoms with Crippen molar-refractivity contribution >= 4 is 67.3 Å². The highest BCUT2D eigenvalue weighted by molar-refractivity contribution is 7.91.